The second kappa shape index (κ2) is 6.12. The average molecular weight is 335 g/mol. The molecule has 6 heteroatoms. The van der Waals surface area contributed by atoms with E-state index in [9.17, 15) is 8.94 Å². The molecular weight excluding hydrogens is 319 g/mol. The van der Waals surface area contributed by atoms with Gasteiger partial charge < -0.3 is 4.55 Å². The van der Waals surface area contributed by atoms with Crippen LogP contribution in [0.4, 0.5) is 4.39 Å². The van der Waals surface area contributed by atoms with Crippen molar-refractivity contribution < 1.29 is 8.94 Å². The van der Waals surface area contributed by atoms with Crippen LogP contribution in [0.15, 0.2) is 27.2 Å². The van der Waals surface area contributed by atoms with E-state index in [1.54, 1.807) is 39.0 Å². The van der Waals surface area contributed by atoms with Crippen LogP contribution in [0.25, 0.3) is 0 Å². The maximum absolute atomic E-state index is 13.6. The molecular formula is C12H16BrFN2OS. The molecule has 1 aromatic heterocycles. The summed E-state index contributed by atoms with van der Waals surface area (Å²) in [5, 5.41) is 0. The summed E-state index contributed by atoms with van der Waals surface area (Å²) in [5.41, 5.74) is 0.515. The molecule has 0 aliphatic heterocycles. The summed E-state index contributed by atoms with van der Waals surface area (Å²) in [6, 6.07) is 5.13. The van der Waals surface area contributed by atoms with Crippen molar-refractivity contribution in [3.8, 4) is 0 Å². The predicted octanol–water partition coefficient (Wildman–Crippen LogP) is 3.45. The van der Waals surface area contributed by atoms with Gasteiger partial charge in [-0.05, 0) is 55.8 Å². The van der Waals surface area contributed by atoms with E-state index in [4.69, 9.17) is 0 Å². The van der Waals surface area contributed by atoms with Gasteiger partial charge in [-0.15, -0.1) is 0 Å². The number of rotatable bonds is 3. The monoisotopic (exact) mass is 334 g/mol. The fraction of sp³-hybridized carbons (Fsp3) is 0.500. The van der Waals surface area contributed by atoms with Crippen LogP contribution in [0.1, 0.15) is 33.4 Å². The topological polar surface area (TPSA) is 48.3 Å². The van der Waals surface area contributed by atoms with Crippen LogP contribution in [0, 0.1) is 0 Å². The second-order valence-electron chi connectivity index (χ2n) is 4.80. The van der Waals surface area contributed by atoms with Crippen LogP contribution >= 0.6 is 15.9 Å². The van der Waals surface area contributed by atoms with E-state index in [2.05, 4.69) is 25.3 Å². The van der Waals surface area contributed by atoms with Crippen molar-refractivity contribution in [3.05, 3.63) is 28.5 Å². The Morgan fingerprint density at radius 1 is 1.50 bits per heavy atom. The first-order valence-corrected chi connectivity index (χ1v) is 7.39. The second-order valence-corrected chi connectivity index (χ2v) is 7.52. The quantitative estimate of drug-likeness (QED) is 0.483. The standard InChI is InChI=1S/C12H16BrFN2OS/c1-8(14)11(16-18(17)12(2,3)4)9-6-5-7-10(13)15-9/h5-8H,1-4H3/b16-11-. The first-order valence-electron chi connectivity index (χ1n) is 5.49. The Hall–Kier alpha value is -0.460. The smallest absolute Gasteiger partial charge is 0.151 e. The highest BCUT2D eigenvalue weighted by molar-refractivity contribution is 9.10. The van der Waals surface area contributed by atoms with Gasteiger partial charge in [-0.1, -0.05) is 10.5 Å². The molecule has 1 heterocycles. The van der Waals surface area contributed by atoms with E-state index in [1.165, 1.54) is 6.92 Å². The van der Waals surface area contributed by atoms with Gasteiger partial charge in [0.15, 0.2) is 5.71 Å². The van der Waals surface area contributed by atoms with Gasteiger partial charge in [0.1, 0.15) is 26.9 Å². The molecule has 2 unspecified atom stereocenters. The molecule has 0 aromatic carbocycles. The third kappa shape index (κ3) is 4.33. The molecule has 0 radical (unpaired) electrons. The van der Waals surface area contributed by atoms with E-state index in [1.807, 2.05) is 0 Å². The molecule has 0 N–H and O–H groups in total. The highest BCUT2D eigenvalue weighted by Gasteiger charge is 2.29. The van der Waals surface area contributed by atoms with Crippen LogP contribution in [0.3, 0.4) is 0 Å². The van der Waals surface area contributed by atoms with Crippen LogP contribution < -0.4 is 0 Å². The van der Waals surface area contributed by atoms with Crippen LogP contribution in [0.5, 0.6) is 0 Å². The molecule has 0 amide bonds. The van der Waals surface area contributed by atoms with Gasteiger partial charge >= 0.3 is 0 Å². The van der Waals surface area contributed by atoms with E-state index < -0.39 is 22.3 Å². The maximum atomic E-state index is 13.6. The number of hydrogen-bond donors (Lipinski definition) is 0. The minimum atomic E-state index is -1.50. The molecule has 0 aliphatic carbocycles. The molecule has 0 bridgehead atoms. The zero-order valence-electron chi connectivity index (χ0n) is 10.8. The van der Waals surface area contributed by atoms with Gasteiger partial charge in [-0.25, -0.2) is 9.37 Å². The third-order valence-electron chi connectivity index (χ3n) is 2.06. The van der Waals surface area contributed by atoms with E-state index in [-0.39, 0.29) is 5.71 Å². The highest BCUT2D eigenvalue weighted by atomic mass is 79.9. The predicted molar refractivity (Wildman–Crippen MR) is 76.9 cm³/mol. The molecule has 0 saturated carbocycles. The maximum Gasteiger partial charge on any atom is 0.151 e. The zero-order valence-corrected chi connectivity index (χ0v) is 13.2. The minimum absolute atomic E-state index is 0.115. The van der Waals surface area contributed by atoms with E-state index in [0.29, 0.717) is 10.3 Å². The molecule has 100 valence electrons. The van der Waals surface area contributed by atoms with Crippen molar-refractivity contribution in [1.82, 2.24) is 4.98 Å². The van der Waals surface area contributed by atoms with Crippen LogP contribution in [0.2, 0.25) is 0 Å². The Labute approximate surface area is 118 Å². The molecule has 18 heavy (non-hydrogen) atoms. The molecule has 0 spiro atoms. The molecule has 1 aromatic rings. The lowest BCUT2D eigenvalue weighted by Crippen LogP contribution is -2.29. The number of alkyl halides is 1. The lowest BCUT2D eigenvalue weighted by molar-refractivity contribution is 0.454. The van der Waals surface area contributed by atoms with Crippen molar-refractivity contribution in [2.45, 2.75) is 38.6 Å². The molecule has 0 fully saturated rings. The first-order chi connectivity index (χ1) is 8.21. The van der Waals surface area contributed by atoms with Gasteiger partial charge in [0.25, 0.3) is 0 Å². The van der Waals surface area contributed by atoms with Gasteiger partial charge in [-0.2, -0.15) is 0 Å². The summed E-state index contributed by atoms with van der Waals surface area (Å²) in [5.74, 6) is 0. The number of nitrogens with zero attached hydrogens (tertiary/aromatic N) is 2. The summed E-state index contributed by atoms with van der Waals surface area (Å²) in [6.45, 7) is 6.74. The summed E-state index contributed by atoms with van der Waals surface area (Å²) < 4.78 is 29.6. The van der Waals surface area contributed by atoms with Crippen molar-refractivity contribution in [3.63, 3.8) is 0 Å². The van der Waals surface area contributed by atoms with Crippen LogP contribution in [-0.2, 0) is 11.4 Å². The third-order valence-corrected chi connectivity index (χ3v) is 3.91. The Bertz CT molecular complexity index is 446. The summed E-state index contributed by atoms with van der Waals surface area (Å²) in [7, 11) is 0. The zero-order chi connectivity index (χ0) is 13.9. The average Bonchev–Trinajstić information content (AvgIpc) is 2.23. The first kappa shape index (κ1) is 15.6. The number of hydrogen-bond acceptors (Lipinski definition) is 3. The van der Waals surface area contributed by atoms with Gasteiger partial charge in [0.2, 0.25) is 0 Å². The van der Waals surface area contributed by atoms with Gasteiger partial charge in [0.05, 0.1) is 5.69 Å². The normalized spacial score (nSPS) is 16.5. The number of halogens is 2. The Morgan fingerprint density at radius 3 is 2.56 bits per heavy atom. The fourth-order valence-electron chi connectivity index (χ4n) is 1.10. The highest BCUT2D eigenvalue weighted by Crippen LogP contribution is 2.20. The Morgan fingerprint density at radius 2 is 2.11 bits per heavy atom. The summed E-state index contributed by atoms with van der Waals surface area (Å²) in [4.78, 5) is 4.14. The van der Waals surface area contributed by atoms with Crippen molar-refractivity contribution in [2.24, 2.45) is 4.40 Å². The molecule has 2 atom stereocenters. The van der Waals surface area contributed by atoms with E-state index in [0.717, 1.165) is 0 Å². The molecule has 3 nitrogen and oxygen atoms in total. The lowest BCUT2D eigenvalue weighted by Gasteiger charge is -2.19. The Balaban J connectivity index is 3.15. The summed E-state index contributed by atoms with van der Waals surface area (Å²) in [6.07, 6.45) is -1.32. The largest absolute Gasteiger partial charge is 0.591 e. The van der Waals surface area contributed by atoms with E-state index >= 15 is 0 Å². The van der Waals surface area contributed by atoms with Crippen molar-refractivity contribution in [2.75, 3.05) is 0 Å². The lowest BCUT2D eigenvalue weighted by atomic mass is 10.2. The van der Waals surface area contributed by atoms with Gasteiger partial charge in [-0.3, -0.25) is 0 Å². The summed E-state index contributed by atoms with van der Waals surface area (Å²) >= 11 is 1.72. The van der Waals surface area contributed by atoms with Crippen molar-refractivity contribution >= 4 is 33.0 Å². The molecule has 0 saturated heterocycles. The van der Waals surface area contributed by atoms with Gasteiger partial charge in [0, 0.05) is 0 Å². The minimum Gasteiger partial charge on any atom is -0.591 e. The molecule has 0 aliphatic rings. The number of aromatic nitrogens is 1. The fourth-order valence-corrected chi connectivity index (χ4v) is 2.14. The van der Waals surface area contributed by atoms with Crippen molar-refractivity contribution in [1.29, 1.82) is 0 Å². The Kier molecular flexibility index (Phi) is 5.31. The van der Waals surface area contributed by atoms with Crippen LogP contribution in [-0.4, -0.2) is 26.2 Å². The SMILES string of the molecule is CC(F)/C(=N/[S+]([O-])C(C)(C)C)c1cccc(Br)n1. The number of pyridine rings is 1. The molecule has 1 rings (SSSR count).